The van der Waals surface area contributed by atoms with Crippen molar-refractivity contribution < 1.29 is 4.74 Å². The molecular formula is C10H15BrClN3O. The Bertz CT molecular complexity index is 356. The van der Waals surface area contributed by atoms with Crippen LogP contribution in [0.4, 0.5) is 0 Å². The first kappa shape index (κ1) is 15.1. The predicted octanol–water partition coefficient (Wildman–Crippen LogP) is 1.96. The summed E-state index contributed by atoms with van der Waals surface area (Å²) in [4.78, 5) is 3.85. The summed E-state index contributed by atoms with van der Waals surface area (Å²) < 4.78 is 5.55. The molecule has 0 aliphatic carbocycles. The van der Waals surface area contributed by atoms with Crippen LogP contribution in [-0.2, 0) is 0 Å². The molecule has 4 N–H and O–H groups in total. The molecule has 0 radical (unpaired) electrons. The van der Waals surface area contributed by atoms with Gasteiger partial charge in [0.2, 0.25) is 0 Å². The highest BCUT2D eigenvalue weighted by Crippen LogP contribution is 2.24. The second-order valence-corrected chi connectivity index (χ2v) is 3.53. The van der Waals surface area contributed by atoms with Crippen molar-refractivity contribution in [2.24, 2.45) is 16.5 Å². The number of halogens is 2. The first-order valence-corrected chi connectivity index (χ1v) is 4.94. The number of guanidine groups is 1. The topological polar surface area (TPSA) is 73.6 Å². The second kappa shape index (κ2) is 7.35. The number of ether oxygens (including phenoxy) is 1. The van der Waals surface area contributed by atoms with Gasteiger partial charge in [-0.05, 0) is 19.1 Å². The van der Waals surface area contributed by atoms with Gasteiger partial charge in [-0.15, -0.1) is 17.0 Å². The summed E-state index contributed by atoms with van der Waals surface area (Å²) in [6, 6.07) is 7.27. The van der Waals surface area contributed by atoms with Crippen LogP contribution in [0.2, 0.25) is 5.02 Å². The molecule has 16 heavy (non-hydrogen) atoms. The van der Waals surface area contributed by atoms with Gasteiger partial charge in [-0.2, -0.15) is 0 Å². The van der Waals surface area contributed by atoms with E-state index in [1.165, 1.54) is 0 Å². The zero-order chi connectivity index (χ0) is 11.3. The van der Waals surface area contributed by atoms with E-state index in [0.29, 0.717) is 17.3 Å². The van der Waals surface area contributed by atoms with E-state index >= 15 is 0 Å². The van der Waals surface area contributed by atoms with Gasteiger partial charge < -0.3 is 16.2 Å². The lowest BCUT2D eigenvalue weighted by Gasteiger charge is -2.13. The van der Waals surface area contributed by atoms with E-state index < -0.39 is 0 Å². The predicted molar refractivity (Wildman–Crippen MR) is 72.5 cm³/mol. The Kier molecular flexibility index (Phi) is 6.92. The number of nitrogens with two attached hydrogens (primary N) is 2. The van der Waals surface area contributed by atoms with Crippen LogP contribution in [0.3, 0.4) is 0 Å². The smallest absolute Gasteiger partial charge is 0.186 e. The fourth-order valence-electron chi connectivity index (χ4n) is 1.03. The third-order valence-electron chi connectivity index (χ3n) is 1.70. The Hall–Kier alpha value is -0.940. The van der Waals surface area contributed by atoms with E-state index in [1.54, 1.807) is 12.1 Å². The van der Waals surface area contributed by atoms with E-state index in [-0.39, 0.29) is 29.0 Å². The molecule has 0 saturated carbocycles. The summed E-state index contributed by atoms with van der Waals surface area (Å²) in [5.41, 5.74) is 10.4. The molecule has 0 aliphatic heterocycles. The maximum Gasteiger partial charge on any atom is 0.186 e. The van der Waals surface area contributed by atoms with Crippen LogP contribution in [0.1, 0.15) is 6.92 Å². The highest BCUT2D eigenvalue weighted by molar-refractivity contribution is 8.93. The van der Waals surface area contributed by atoms with Crippen molar-refractivity contribution in [3.63, 3.8) is 0 Å². The third-order valence-corrected chi connectivity index (χ3v) is 2.01. The van der Waals surface area contributed by atoms with Crippen LogP contribution in [0.5, 0.6) is 5.75 Å². The van der Waals surface area contributed by atoms with Crippen molar-refractivity contribution in [2.45, 2.75) is 13.0 Å². The van der Waals surface area contributed by atoms with Gasteiger partial charge in [-0.1, -0.05) is 23.7 Å². The van der Waals surface area contributed by atoms with Gasteiger partial charge in [-0.25, -0.2) is 4.99 Å². The molecule has 1 rings (SSSR count). The van der Waals surface area contributed by atoms with Crippen molar-refractivity contribution in [1.29, 1.82) is 0 Å². The Morgan fingerprint density at radius 2 is 2.06 bits per heavy atom. The first-order chi connectivity index (χ1) is 7.09. The zero-order valence-electron chi connectivity index (χ0n) is 8.89. The molecule has 0 fully saturated rings. The molecule has 1 aromatic rings. The van der Waals surface area contributed by atoms with Crippen molar-refractivity contribution in [3.05, 3.63) is 29.3 Å². The highest BCUT2D eigenvalue weighted by atomic mass is 79.9. The molecule has 1 atom stereocenters. The molecular weight excluding hydrogens is 293 g/mol. The van der Waals surface area contributed by atoms with Crippen molar-refractivity contribution in [2.75, 3.05) is 6.54 Å². The molecule has 0 saturated heterocycles. The van der Waals surface area contributed by atoms with Crippen molar-refractivity contribution in [1.82, 2.24) is 0 Å². The molecule has 0 aliphatic rings. The minimum atomic E-state index is -0.119. The normalized spacial score (nSPS) is 11.1. The van der Waals surface area contributed by atoms with Crippen LogP contribution in [0, 0.1) is 0 Å². The number of nitrogens with zero attached hydrogens (tertiary/aromatic N) is 1. The summed E-state index contributed by atoms with van der Waals surface area (Å²) in [6.45, 7) is 2.28. The van der Waals surface area contributed by atoms with E-state index in [1.807, 2.05) is 19.1 Å². The minimum absolute atomic E-state index is 0. The number of para-hydroxylation sites is 1. The zero-order valence-corrected chi connectivity index (χ0v) is 11.4. The Balaban J connectivity index is 0.00000225. The van der Waals surface area contributed by atoms with Gasteiger partial charge >= 0.3 is 0 Å². The van der Waals surface area contributed by atoms with Gasteiger partial charge in [-0.3, -0.25) is 0 Å². The lowest BCUT2D eigenvalue weighted by atomic mass is 10.3. The quantitative estimate of drug-likeness (QED) is 0.659. The van der Waals surface area contributed by atoms with Gasteiger partial charge in [0.1, 0.15) is 11.9 Å². The van der Waals surface area contributed by atoms with Crippen molar-refractivity contribution >= 4 is 34.5 Å². The Labute approximate surface area is 110 Å². The van der Waals surface area contributed by atoms with E-state index in [2.05, 4.69) is 4.99 Å². The van der Waals surface area contributed by atoms with E-state index in [9.17, 15) is 0 Å². The van der Waals surface area contributed by atoms with Gasteiger partial charge in [0, 0.05) is 0 Å². The van der Waals surface area contributed by atoms with Gasteiger partial charge in [0.05, 0.1) is 11.6 Å². The van der Waals surface area contributed by atoms with Crippen molar-refractivity contribution in [3.8, 4) is 5.75 Å². The number of rotatable bonds is 4. The van der Waals surface area contributed by atoms with E-state index in [4.69, 9.17) is 27.8 Å². The molecule has 90 valence electrons. The first-order valence-electron chi connectivity index (χ1n) is 4.56. The fraction of sp³-hybridized carbons (Fsp3) is 0.300. The number of hydrogen-bond acceptors (Lipinski definition) is 2. The molecule has 6 heteroatoms. The van der Waals surface area contributed by atoms with Crippen LogP contribution in [-0.4, -0.2) is 18.6 Å². The lowest BCUT2D eigenvalue weighted by Crippen LogP contribution is -2.26. The number of hydrogen-bond donors (Lipinski definition) is 2. The molecule has 0 heterocycles. The lowest BCUT2D eigenvalue weighted by molar-refractivity contribution is 0.230. The Morgan fingerprint density at radius 1 is 1.44 bits per heavy atom. The van der Waals surface area contributed by atoms with Crippen LogP contribution in [0.25, 0.3) is 0 Å². The summed E-state index contributed by atoms with van der Waals surface area (Å²) in [5.74, 6) is 0.696. The average Bonchev–Trinajstić information content (AvgIpc) is 2.18. The molecule has 1 unspecified atom stereocenters. The molecule has 0 aromatic heterocycles. The number of benzene rings is 1. The summed E-state index contributed by atoms with van der Waals surface area (Å²) in [7, 11) is 0. The summed E-state index contributed by atoms with van der Waals surface area (Å²) >= 11 is 5.92. The summed E-state index contributed by atoms with van der Waals surface area (Å²) in [6.07, 6.45) is -0.119. The van der Waals surface area contributed by atoms with Crippen LogP contribution < -0.4 is 16.2 Å². The highest BCUT2D eigenvalue weighted by Gasteiger charge is 2.05. The third kappa shape index (κ3) is 5.23. The van der Waals surface area contributed by atoms with E-state index in [0.717, 1.165) is 0 Å². The molecule has 1 aromatic carbocycles. The standard InChI is InChI=1S/C10H14ClN3O.BrH/c1-7(6-14-10(12)13)15-9-5-3-2-4-8(9)11;/h2-5,7H,6H2,1H3,(H4,12,13,14);1H. The fourth-order valence-corrected chi connectivity index (χ4v) is 1.21. The SMILES string of the molecule is Br.CC(CN=C(N)N)Oc1ccccc1Cl. The van der Waals surface area contributed by atoms with Crippen LogP contribution in [0.15, 0.2) is 29.3 Å². The number of aliphatic imine (C=N–C) groups is 1. The molecule has 0 spiro atoms. The monoisotopic (exact) mass is 307 g/mol. The molecule has 0 bridgehead atoms. The Morgan fingerprint density at radius 3 is 2.62 bits per heavy atom. The second-order valence-electron chi connectivity index (χ2n) is 3.12. The summed E-state index contributed by atoms with van der Waals surface area (Å²) in [5, 5.41) is 0.578. The maximum absolute atomic E-state index is 5.92. The molecule has 4 nitrogen and oxygen atoms in total. The minimum Gasteiger partial charge on any atom is -0.487 e. The van der Waals surface area contributed by atoms with Crippen LogP contribution >= 0.6 is 28.6 Å². The maximum atomic E-state index is 5.92. The largest absolute Gasteiger partial charge is 0.487 e. The average molecular weight is 309 g/mol. The van der Waals surface area contributed by atoms with Gasteiger partial charge in [0.25, 0.3) is 0 Å². The van der Waals surface area contributed by atoms with Gasteiger partial charge in [0.15, 0.2) is 5.96 Å². The molecule has 0 amide bonds.